The smallest absolute Gasteiger partial charge is 0.0598 e. The highest BCUT2D eigenvalue weighted by molar-refractivity contribution is 4.87. The van der Waals surface area contributed by atoms with Crippen molar-refractivity contribution in [3.05, 3.63) is 0 Å². The molecule has 0 aliphatic heterocycles. The molecule has 0 spiro atoms. The van der Waals surface area contributed by atoms with E-state index in [4.69, 9.17) is 12.2 Å². The predicted molar refractivity (Wildman–Crippen MR) is 49.2 cm³/mol. The van der Waals surface area contributed by atoms with Gasteiger partial charge in [-0.3, -0.25) is 4.90 Å². The first-order valence-electron chi connectivity index (χ1n) is 4.12. The Morgan fingerprint density at radius 3 is 2.64 bits per heavy atom. The number of nitrogens with two attached hydrogens (primary N) is 1. The molecule has 0 amide bonds. The molecule has 2 nitrogen and oxygen atoms in total. The zero-order valence-corrected chi connectivity index (χ0v) is 7.51. The molecular weight excluding hydrogens is 136 g/mol. The van der Waals surface area contributed by atoms with Crippen LogP contribution in [0.2, 0.25) is 0 Å². The van der Waals surface area contributed by atoms with Crippen molar-refractivity contribution in [3.8, 4) is 12.3 Å². The topological polar surface area (TPSA) is 29.3 Å². The third-order valence-electron chi connectivity index (χ3n) is 1.66. The summed E-state index contributed by atoms with van der Waals surface area (Å²) in [5, 5.41) is 0. The van der Waals surface area contributed by atoms with E-state index in [-0.39, 0.29) is 6.04 Å². The monoisotopic (exact) mass is 154 g/mol. The lowest BCUT2D eigenvalue weighted by molar-refractivity contribution is 0.311. The highest BCUT2D eigenvalue weighted by atomic mass is 15.1. The SMILES string of the molecule is C#CCN(CC)CCC(C)N. The molecule has 11 heavy (non-hydrogen) atoms. The van der Waals surface area contributed by atoms with E-state index in [9.17, 15) is 0 Å². The van der Waals surface area contributed by atoms with Crippen LogP contribution in [0.15, 0.2) is 0 Å². The van der Waals surface area contributed by atoms with Crippen molar-refractivity contribution >= 4 is 0 Å². The lowest BCUT2D eigenvalue weighted by Crippen LogP contribution is -2.29. The fourth-order valence-corrected chi connectivity index (χ4v) is 0.864. The Hall–Kier alpha value is -0.520. The Balaban J connectivity index is 3.45. The van der Waals surface area contributed by atoms with Gasteiger partial charge in [0.15, 0.2) is 0 Å². The maximum atomic E-state index is 5.61. The van der Waals surface area contributed by atoms with Gasteiger partial charge < -0.3 is 5.73 Å². The average Bonchev–Trinajstić information content (AvgIpc) is 1.97. The van der Waals surface area contributed by atoms with E-state index in [0.717, 1.165) is 26.1 Å². The predicted octanol–water partition coefficient (Wildman–Crippen LogP) is 0.679. The maximum absolute atomic E-state index is 5.61. The maximum Gasteiger partial charge on any atom is 0.0598 e. The lowest BCUT2D eigenvalue weighted by Gasteiger charge is -2.17. The zero-order valence-electron chi connectivity index (χ0n) is 7.51. The molecule has 64 valence electrons. The van der Waals surface area contributed by atoms with Gasteiger partial charge in [-0.25, -0.2) is 0 Å². The Morgan fingerprint density at radius 2 is 2.27 bits per heavy atom. The van der Waals surface area contributed by atoms with Crippen molar-refractivity contribution in [1.82, 2.24) is 4.90 Å². The lowest BCUT2D eigenvalue weighted by atomic mass is 10.2. The molecule has 1 atom stereocenters. The number of hydrogen-bond acceptors (Lipinski definition) is 2. The second-order valence-corrected chi connectivity index (χ2v) is 2.84. The highest BCUT2D eigenvalue weighted by Crippen LogP contribution is 1.92. The third-order valence-corrected chi connectivity index (χ3v) is 1.66. The first-order chi connectivity index (χ1) is 5.20. The Labute approximate surface area is 69.8 Å². The van der Waals surface area contributed by atoms with Crippen molar-refractivity contribution < 1.29 is 0 Å². The van der Waals surface area contributed by atoms with E-state index in [0.29, 0.717) is 0 Å². The van der Waals surface area contributed by atoms with Crippen molar-refractivity contribution in [2.45, 2.75) is 26.3 Å². The van der Waals surface area contributed by atoms with Crippen LogP contribution < -0.4 is 5.73 Å². The summed E-state index contributed by atoms with van der Waals surface area (Å²) in [4.78, 5) is 2.21. The van der Waals surface area contributed by atoms with Gasteiger partial charge in [0, 0.05) is 12.6 Å². The summed E-state index contributed by atoms with van der Waals surface area (Å²) in [6.45, 7) is 6.89. The largest absolute Gasteiger partial charge is 0.328 e. The van der Waals surface area contributed by atoms with Crippen LogP contribution in [0.1, 0.15) is 20.3 Å². The number of rotatable bonds is 5. The standard InChI is InChI=1S/C9H18N2/c1-4-7-11(5-2)8-6-9(3)10/h1,9H,5-8,10H2,2-3H3. The Morgan fingerprint density at radius 1 is 1.64 bits per heavy atom. The van der Waals surface area contributed by atoms with Crippen molar-refractivity contribution in [1.29, 1.82) is 0 Å². The molecule has 0 fully saturated rings. The molecule has 0 aromatic heterocycles. The van der Waals surface area contributed by atoms with Crippen molar-refractivity contribution in [2.24, 2.45) is 5.73 Å². The van der Waals surface area contributed by atoms with Gasteiger partial charge in [-0.15, -0.1) is 6.42 Å². The summed E-state index contributed by atoms with van der Waals surface area (Å²) in [7, 11) is 0. The van der Waals surface area contributed by atoms with Crippen molar-refractivity contribution in [2.75, 3.05) is 19.6 Å². The van der Waals surface area contributed by atoms with E-state index in [1.807, 2.05) is 6.92 Å². The van der Waals surface area contributed by atoms with Gasteiger partial charge in [0.1, 0.15) is 0 Å². The van der Waals surface area contributed by atoms with Crippen LogP contribution in [0.3, 0.4) is 0 Å². The second kappa shape index (κ2) is 6.21. The van der Waals surface area contributed by atoms with Crippen LogP contribution in [-0.4, -0.2) is 30.6 Å². The molecule has 2 heteroatoms. The van der Waals surface area contributed by atoms with Crippen LogP contribution in [-0.2, 0) is 0 Å². The first-order valence-corrected chi connectivity index (χ1v) is 4.12. The van der Waals surface area contributed by atoms with Gasteiger partial charge in [0.25, 0.3) is 0 Å². The number of nitrogens with zero attached hydrogens (tertiary/aromatic N) is 1. The minimum Gasteiger partial charge on any atom is -0.328 e. The third kappa shape index (κ3) is 5.90. The van der Waals surface area contributed by atoms with Gasteiger partial charge in [0.05, 0.1) is 6.54 Å². The minimum absolute atomic E-state index is 0.279. The molecule has 0 bridgehead atoms. The molecule has 0 saturated carbocycles. The van der Waals surface area contributed by atoms with E-state index in [2.05, 4.69) is 17.7 Å². The zero-order chi connectivity index (χ0) is 8.69. The van der Waals surface area contributed by atoms with E-state index < -0.39 is 0 Å². The second-order valence-electron chi connectivity index (χ2n) is 2.84. The molecule has 0 aliphatic carbocycles. The highest BCUT2D eigenvalue weighted by Gasteiger charge is 2.00. The fraction of sp³-hybridized carbons (Fsp3) is 0.778. The summed E-state index contributed by atoms with van der Waals surface area (Å²) in [6, 6.07) is 0.279. The summed E-state index contributed by atoms with van der Waals surface area (Å²) >= 11 is 0. The number of terminal acetylenes is 1. The first kappa shape index (κ1) is 10.5. The summed E-state index contributed by atoms with van der Waals surface area (Å²) in [5.41, 5.74) is 5.61. The number of hydrogen-bond donors (Lipinski definition) is 1. The van der Waals surface area contributed by atoms with Crippen LogP contribution in [0, 0.1) is 12.3 Å². The minimum atomic E-state index is 0.279. The molecule has 0 rings (SSSR count). The van der Waals surface area contributed by atoms with Crippen LogP contribution in [0.25, 0.3) is 0 Å². The van der Waals surface area contributed by atoms with Gasteiger partial charge in [-0.05, 0) is 19.9 Å². The Kier molecular flexibility index (Phi) is 5.91. The van der Waals surface area contributed by atoms with Crippen LogP contribution in [0.4, 0.5) is 0 Å². The normalized spacial score (nSPS) is 13.0. The fourth-order valence-electron chi connectivity index (χ4n) is 0.864. The van der Waals surface area contributed by atoms with E-state index >= 15 is 0 Å². The molecule has 0 aromatic carbocycles. The summed E-state index contributed by atoms with van der Waals surface area (Å²) in [5.74, 6) is 2.63. The molecule has 2 N–H and O–H groups in total. The van der Waals surface area contributed by atoms with Gasteiger partial charge in [0.2, 0.25) is 0 Å². The molecule has 0 heterocycles. The molecule has 0 aliphatic rings. The van der Waals surface area contributed by atoms with E-state index in [1.54, 1.807) is 0 Å². The van der Waals surface area contributed by atoms with Crippen molar-refractivity contribution in [3.63, 3.8) is 0 Å². The van der Waals surface area contributed by atoms with E-state index in [1.165, 1.54) is 0 Å². The molecular formula is C9H18N2. The molecule has 0 radical (unpaired) electrons. The average molecular weight is 154 g/mol. The molecule has 0 saturated heterocycles. The van der Waals surface area contributed by atoms with Gasteiger partial charge >= 0.3 is 0 Å². The summed E-state index contributed by atoms with van der Waals surface area (Å²) < 4.78 is 0. The Bertz CT molecular complexity index is 124. The quantitative estimate of drug-likeness (QED) is 0.590. The molecule has 0 aromatic rings. The van der Waals surface area contributed by atoms with Crippen LogP contribution in [0.5, 0.6) is 0 Å². The van der Waals surface area contributed by atoms with Gasteiger partial charge in [-0.2, -0.15) is 0 Å². The summed E-state index contributed by atoms with van der Waals surface area (Å²) in [6.07, 6.45) is 6.21. The molecule has 1 unspecified atom stereocenters. The van der Waals surface area contributed by atoms with Crippen LogP contribution >= 0.6 is 0 Å². The van der Waals surface area contributed by atoms with Gasteiger partial charge in [-0.1, -0.05) is 12.8 Å².